The van der Waals surface area contributed by atoms with Crippen LogP contribution in [0.25, 0.3) is 0 Å². The quantitative estimate of drug-likeness (QED) is 0.179. The summed E-state index contributed by atoms with van der Waals surface area (Å²) in [6, 6.07) is 9.86. The lowest BCUT2D eigenvalue weighted by Gasteiger charge is -2.17. The summed E-state index contributed by atoms with van der Waals surface area (Å²) in [5, 5.41) is 11.5. The molecule has 1 amide bonds. The molecule has 4 rings (SSSR count). The van der Waals surface area contributed by atoms with E-state index in [-0.39, 0.29) is 23.6 Å². The number of halogens is 3. The maximum absolute atomic E-state index is 13.7. The zero-order valence-corrected chi connectivity index (χ0v) is 26.8. The SMILES string of the molecule is C=CC(=O)Nc1cccc(Nc2nc(Nc3ccc(NC4CCN(C)C4)nc3OC)ncc2C(F)(F)F)c1.CC.CC.CC. The van der Waals surface area contributed by atoms with Gasteiger partial charge in [0.15, 0.2) is 0 Å². The van der Waals surface area contributed by atoms with Crippen LogP contribution in [-0.4, -0.2) is 59.0 Å². The monoisotopic (exact) mass is 618 g/mol. The summed E-state index contributed by atoms with van der Waals surface area (Å²) in [6.45, 7) is 17.3. The smallest absolute Gasteiger partial charge is 0.421 e. The zero-order valence-electron chi connectivity index (χ0n) is 26.8. The van der Waals surface area contributed by atoms with Crippen LogP contribution in [-0.2, 0) is 11.0 Å². The van der Waals surface area contributed by atoms with Gasteiger partial charge in [-0.25, -0.2) is 4.98 Å². The van der Waals surface area contributed by atoms with E-state index < -0.39 is 23.5 Å². The van der Waals surface area contributed by atoms with Crippen molar-refractivity contribution in [1.82, 2.24) is 19.9 Å². The third-order valence-electron chi connectivity index (χ3n) is 5.72. The minimum atomic E-state index is -4.71. The number of benzene rings is 1. The van der Waals surface area contributed by atoms with Gasteiger partial charge in [-0.1, -0.05) is 54.2 Å². The number of pyridine rings is 1. The molecule has 4 N–H and O–H groups in total. The summed E-state index contributed by atoms with van der Waals surface area (Å²) in [5.74, 6) is -0.185. The first-order chi connectivity index (χ1) is 21.1. The number of rotatable bonds is 9. The topological polar surface area (TPSA) is 116 Å². The van der Waals surface area contributed by atoms with Gasteiger partial charge < -0.3 is 30.9 Å². The number of nitrogens with zero attached hydrogens (tertiary/aromatic N) is 4. The second-order valence-corrected chi connectivity index (χ2v) is 8.62. The molecular formula is C31H45F3N8O2. The Labute approximate surface area is 258 Å². The van der Waals surface area contributed by atoms with Crippen LogP contribution in [0.5, 0.6) is 5.88 Å². The zero-order chi connectivity index (χ0) is 33.3. The first-order valence-electron chi connectivity index (χ1n) is 14.7. The summed E-state index contributed by atoms with van der Waals surface area (Å²) < 4.78 is 46.5. The number of aromatic nitrogens is 3. The highest BCUT2D eigenvalue weighted by molar-refractivity contribution is 5.99. The van der Waals surface area contributed by atoms with Crippen LogP contribution in [0, 0.1) is 0 Å². The highest BCUT2D eigenvalue weighted by atomic mass is 19.4. The van der Waals surface area contributed by atoms with Gasteiger partial charge in [-0.2, -0.15) is 23.1 Å². The van der Waals surface area contributed by atoms with E-state index in [0.717, 1.165) is 25.6 Å². The van der Waals surface area contributed by atoms with Gasteiger partial charge >= 0.3 is 6.18 Å². The molecule has 2 aromatic heterocycles. The molecule has 0 aliphatic carbocycles. The number of likely N-dealkylation sites (tertiary alicyclic amines) is 1. The number of alkyl halides is 3. The second kappa shape index (κ2) is 19.0. The van der Waals surface area contributed by atoms with Crippen LogP contribution in [0.1, 0.15) is 53.5 Å². The van der Waals surface area contributed by atoms with E-state index in [4.69, 9.17) is 4.74 Å². The van der Waals surface area contributed by atoms with E-state index in [1.54, 1.807) is 30.3 Å². The van der Waals surface area contributed by atoms with Gasteiger partial charge in [0.2, 0.25) is 17.7 Å². The normalized spacial score (nSPS) is 13.8. The molecule has 242 valence electrons. The third-order valence-corrected chi connectivity index (χ3v) is 5.72. The minimum absolute atomic E-state index is 0.102. The van der Waals surface area contributed by atoms with Gasteiger partial charge in [-0.05, 0) is 56.4 Å². The Bertz CT molecular complexity index is 1320. The third kappa shape index (κ3) is 11.4. The van der Waals surface area contributed by atoms with Crippen LogP contribution in [0.3, 0.4) is 0 Å². The number of amides is 1. The van der Waals surface area contributed by atoms with Gasteiger partial charge in [0, 0.05) is 30.2 Å². The Hall–Kier alpha value is -4.39. The first kappa shape index (κ1) is 37.6. The van der Waals surface area contributed by atoms with E-state index in [0.29, 0.717) is 23.4 Å². The summed E-state index contributed by atoms with van der Waals surface area (Å²) in [4.78, 5) is 26.2. The van der Waals surface area contributed by atoms with Gasteiger partial charge in [0.05, 0.1) is 7.11 Å². The fourth-order valence-corrected chi connectivity index (χ4v) is 3.90. The lowest BCUT2D eigenvalue weighted by Crippen LogP contribution is -2.24. The molecule has 10 nitrogen and oxygen atoms in total. The largest absolute Gasteiger partial charge is 0.479 e. The summed E-state index contributed by atoms with van der Waals surface area (Å²) in [5.41, 5.74) is -0.0416. The fraction of sp³-hybridized carbons (Fsp3) is 0.419. The van der Waals surface area contributed by atoms with Crippen molar-refractivity contribution in [3.8, 4) is 5.88 Å². The summed E-state index contributed by atoms with van der Waals surface area (Å²) in [6.07, 6.45) is -1.95. The number of carbonyl (C=O) groups excluding carboxylic acids is 1. The summed E-state index contributed by atoms with van der Waals surface area (Å²) in [7, 11) is 3.49. The first-order valence-corrected chi connectivity index (χ1v) is 14.7. The summed E-state index contributed by atoms with van der Waals surface area (Å²) >= 11 is 0. The Kier molecular flexibility index (Phi) is 16.3. The molecule has 3 heterocycles. The molecule has 1 saturated heterocycles. The lowest BCUT2D eigenvalue weighted by atomic mass is 10.2. The van der Waals surface area contributed by atoms with E-state index in [2.05, 4.69) is 47.7 Å². The predicted molar refractivity (Wildman–Crippen MR) is 173 cm³/mol. The molecule has 1 aliphatic heterocycles. The molecule has 44 heavy (non-hydrogen) atoms. The number of hydrogen-bond acceptors (Lipinski definition) is 9. The van der Waals surface area contributed by atoms with Crippen LogP contribution in [0.4, 0.5) is 47.8 Å². The van der Waals surface area contributed by atoms with Crippen molar-refractivity contribution < 1.29 is 22.7 Å². The molecule has 3 aromatic rings. The Morgan fingerprint density at radius 2 is 1.73 bits per heavy atom. The van der Waals surface area contributed by atoms with Crippen molar-refractivity contribution in [3.63, 3.8) is 0 Å². The number of nitrogens with one attached hydrogen (secondary N) is 4. The van der Waals surface area contributed by atoms with E-state index in [1.165, 1.54) is 13.2 Å². The van der Waals surface area contributed by atoms with E-state index in [1.807, 2.05) is 48.6 Å². The molecule has 0 radical (unpaired) electrons. The molecule has 0 saturated carbocycles. The molecule has 0 bridgehead atoms. The Balaban J connectivity index is 0.00000152. The number of likely N-dealkylation sites (N-methyl/N-ethyl adjacent to an activating group) is 1. The maximum atomic E-state index is 13.7. The van der Waals surface area contributed by atoms with Crippen LogP contribution >= 0.6 is 0 Å². The van der Waals surface area contributed by atoms with Crippen LogP contribution in [0.15, 0.2) is 55.3 Å². The number of ether oxygens (including phenoxy) is 1. The molecule has 1 aliphatic rings. The van der Waals surface area contributed by atoms with Crippen molar-refractivity contribution in [1.29, 1.82) is 0 Å². The van der Waals surface area contributed by atoms with E-state index >= 15 is 0 Å². The standard InChI is InChI=1S/C25H27F3N8O2.3C2H6/c1-4-21(37)31-15-6-5-7-16(12-15)32-22-18(25(26,27)28)13-29-24(35-22)33-19-8-9-20(34-23(19)38-3)30-17-10-11-36(2)14-17;3*1-2/h4-9,12-13,17H,1,10-11,14H2,2-3H3,(H,30,34)(H,31,37)(H2,29,32,33,35);3*1-2H3. The lowest BCUT2D eigenvalue weighted by molar-refractivity contribution is -0.137. The molecule has 13 heteroatoms. The Morgan fingerprint density at radius 3 is 2.32 bits per heavy atom. The second-order valence-electron chi connectivity index (χ2n) is 8.62. The van der Waals surface area contributed by atoms with Crippen LogP contribution in [0.2, 0.25) is 0 Å². The number of carbonyl (C=O) groups is 1. The van der Waals surface area contributed by atoms with Crippen molar-refractivity contribution in [2.24, 2.45) is 0 Å². The van der Waals surface area contributed by atoms with Gasteiger partial charge in [-0.3, -0.25) is 4.79 Å². The molecule has 1 atom stereocenters. The van der Waals surface area contributed by atoms with Gasteiger partial charge in [-0.15, -0.1) is 0 Å². The van der Waals surface area contributed by atoms with Crippen molar-refractivity contribution in [3.05, 3.63) is 60.8 Å². The Morgan fingerprint density at radius 1 is 1.05 bits per heavy atom. The van der Waals surface area contributed by atoms with Gasteiger partial charge in [0.25, 0.3) is 0 Å². The number of anilines is 6. The average molecular weight is 619 g/mol. The molecular weight excluding hydrogens is 573 g/mol. The van der Waals surface area contributed by atoms with Crippen molar-refractivity contribution in [2.45, 2.75) is 60.2 Å². The van der Waals surface area contributed by atoms with Crippen molar-refractivity contribution in [2.75, 3.05) is 48.5 Å². The highest BCUT2D eigenvalue weighted by Crippen LogP contribution is 2.36. The fourth-order valence-electron chi connectivity index (χ4n) is 3.90. The molecule has 0 spiro atoms. The van der Waals surface area contributed by atoms with E-state index in [9.17, 15) is 18.0 Å². The molecule has 1 aromatic carbocycles. The molecule has 1 unspecified atom stereocenters. The van der Waals surface area contributed by atoms with Crippen LogP contribution < -0.4 is 26.0 Å². The molecule has 1 fully saturated rings. The minimum Gasteiger partial charge on any atom is -0.479 e. The number of methoxy groups -OCH3 is 1. The predicted octanol–water partition coefficient (Wildman–Crippen LogP) is 7.71. The van der Waals surface area contributed by atoms with Crippen molar-refractivity contribution >= 4 is 40.6 Å². The average Bonchev–Trinajstić information content (AvgIpc) is 3.44. The maximum Gasteiger partial charge on any atom is 0.421 e. The van der Waals surface area contributed by atoms with Gasteiger partial charge in [0.1, 0.15) is 22.9 Å². The highest BCUT2D eigenvalue weighted by Gasteiger charge is 2.35. The number of hydrogen-bond donors (Lipinski definition) is 4.